The van der Waals surface area contributed by atoms with Gasteiger partial charge in [-0.05, 0) is 5.75 Å². The predicted molar refractivity (Wildman–Crippen MR) is 62.8 cm³/mol. The summed E-state index contributed by atoms with van der Waals surface area (Å²) in [7, 11) is 0. The minimum Gasteiger partial charge on any atom is -0.289 e. The number of hydrogen-bond acceptors (Lipinski definition) is 2. The zero-order valence-electron chi connectivity index (χ0n) is 7.87. The summed E-state index contributed by atoms with van der Waals surface area (Å²) in [6.07, 6.45) is 1.46. The second-order valence-corrected chi connectivity index (χ2v) is 4.55. The molecule has 0 N–H and O–H groups in total. The fraction of sp³-hybridized carbons (Fsp3) is 0.182. The lowest BCUT2D eigenvalue weighted by atomic mass is 10.1. The Morgan fingerprint density at radius 2 is 2.07 bits per heavy atom. The summed E-state index contributed by atoms with van der Waals surface area (Å²) in [5, 5.41) is 0. The first kappa shape index (κ1) is 11.3. The van der Waals surface area contributed by atoms with E-state index in [-0.39, 0.29) is 5.78 Å². The maximum absolute atomic E-state index is 11.6. The molecule has 0 spiro atoms. The van der Waals surface area contributed by atoms with E-state index in [1.165, 1.54) is 17.8 Å². The average molecular weight is 227 g/mol. The van der Waals surface area contributed by atoms with Crippen molar-refractivity contribution in [3.63, 3.8) is 0 Å². The molecule has 74 valence electrons. The van der Waals surface area contributed by atoms with Gasteiger partial charge in [-0.2, -0.15) is 0 Å². The second kappa shape index (κ2) is 5.89. The van der Waals surface area contributed by atoms with E-state index in [1.54, 1.807) is 12.1 Å². The van der Waals surface area contributed by atoms with Gasteiger partial charge in [0.25, 0.3) is 0 Å². The van der Waals surface area contributed by atoms with E-state index >= 15 is 0 Å². The molecule has 0 saturated carbocycles. The minimum absolute atomic E-state index is 0.0449. The van der Waals surface area contributed by atoms with Gasteiger partial charge in [-0.1, -0.05) is 48.9 Å². The van der Waals surface area contributed by atoms with Gasteiger partial charge >= 0.3 is 0 Å². The van der Waals surface area contributed by atoms with Crippen LogP contribution in [0, 0.1) is 0 Å². The van der Waals surface area contributed by atoms with Gasteiger partial charge in [0.2, 0.25) is 0 Å². The fourth-order valence-corrected chi connectivity index (χ4v) is 1.86. The van der Waals surface area contributed by atoms with Gasteiger partial charge in [-0.25, -0.2) is 0 Å². The maximum Gasteiger partial charge on any atom is 0.187 e. The molecule has 3 heteroatoms. The van der Waals surface area contributed by atoms with Crippen LogP contribution in [0.4, 0.5) is 0 Å². The van der Waals surface area contributed by atoms with E-state index < -0.39 is 0 Å². The molecule has 0 saturated heterocycles. The third-order valence-corrected chi connectivity index (χ3v) is 2.70. The third kappa shape index (κ3) is 3.56. The fourth-order valence-electron chi connectivity index (χ4n) is 0.968. The third-order valence-electron chi connectivity index (χ3n) is 1.59. The molecule has 1 aromatic carbocycles. The van der Waals surface area contributed by atoms with Crippen molar-refractivity contribution in [2.45, 2.75) is 6.92 Å². The molecule has 0 bridgehead atoms. The van der Waals surface area contributed by atoms with Gasteiger partial charge in [0, 0.05) is 11.6 Å². The largest absolute Gasteiger partial charge is 0.289 e. The summed E-state index contributed by atoms with van der Waals surface area (Å²) in [4.78, 5) is 11.6. The molecule has 0 aliphatic carbocycles. The number of halogens is 1. The van der Waals surface area contributed by atoms with Gasteiger partial charge in [0.15, 0.2) is 5.78 Å². The number of ketones is 1. The van der Waals surface area contributed by atoms with Crippen LogP contribution >= 0.6 is 23.4 Å². The molecule has 0 aliphatic heterocycles. The van der Waals surface area contributed by atoms with Crippen LogP contribution in [0.5, 0.6) is 0 Å². The summed E-state index contributed by atoms with van der Waals surface area (Å²) in [5.41, 5.74) is 0.669. The molecule has 0 heterocycles. The van der Waals surface area contributed by atoms with E-state index in [4.69, 9.17) is 11.6 Å². The molecule has 1 nitrogen and oxygen atoms in total. The summed E-state index contributed by atoms with van der Waals surface area (Å²) in [6, 6.07) is 9.10. The number of hydrogen-bond donors (Lipinski definition) is 0. The molecular formula is C11H11ClOS. The van der Waals surface area contributed by atoms with Gasteiger partial charge < -0.3 is 0 Å². The Labute approximate surface area is 93.2 Å². The molecule has 0 amide bonds. The molecule has 0 aromatic heterocycles. The lowest BCUT2D eigenvalue weighted by Gasteiger charge is -1.96. The first-order valence-electron chi connectivity index (χ1n) is 4.33. The molecule has 0 unspecified atom stereocenters. The second-order valence-electron chi connectivity index (χ2n) is 2.61. The van der Waals surface area contributed by atoms with Crippen molar-refractivity contribution in [1.29, 1.82) is 0 Å². The van der Waals surface area contributed by atoms with Gasteiger partial charge in [0.1, 0.15) is 0 Å². The normalized spacial score (nSPS) is 11.4. The highest BCUT2D eigenvalue weighted by molar-refractivity contribution is 8.04. The number of thioether (sulfide) groups is 1. The van der Waals surface area contributed by atoms with Crippen molar-refractivity contribution >= 4 is 29.1 Å². The van der Waals surface area contributed by atoms with Gasteiger partial charge in [0.05, 0.1) is 4.36 Å². The van der Waals surface area contributed by atoms with Crippen LogP contribution in [0.3, 0.4) is 0 Å². The molecule has 0 fully saturated rings. The van der Waals surface area contributed by atoms with Crippen molar-refractivity contribution in [3.8, 4) is 0 Å². The van der Waals surface area contributed by atoms with Crippen LogP contribution in [0.2, 0.25) is 0 Å². The van der Waals surface area contributed by atoms with E-state index in [1.807, 2.05) is 25.1 Å². The Bertz CT molecular complexity index is 332. The van der Waals surface area contributed by atoms with Gasteiger partial charge in [-0.15, -0.1) is 11.8 Å². The highest BCUT2D eigenvalue weighted by Crippen LogP contribution is 2.19. The van der Waals surface area contributed by atoms with Gasteiger partial charge in [-0.3, -0.25) is 4.79 Å². The Kier molecular flexibility index (Phi) is 4.77. The molecule has 1 aromatic rings. The first-order valence-corrected chi connectivity index (χ1v) is 5.69. The van der Waals surface area contributed by atoms with E-state index in [9.17, 15) is 4.79 Å². The summed E-state index contributed by atoms with van der Waals surface area (Å²) >= 11 is 7.29. The monoisotopic (exact) mass is 226 g/mol. The highest BCUT2D eigenvalue weighted by atomic mass is 35.5. The molecule has 0 atom stereocenters. The lowest BCUT2D eigenvalue weighted by molar-refractivity contribution is 0.104. The highest BCUT2D eigenvalue weighted by Gasteiger charge is 2.02. The standard InChI is InChI=1S/C11H11ClOS/c1-2-14-11(12)8-10(13)9-6-4-3-5-7-9/h3-8H,2H2,1H3. The molecule has 0 radical (unpaired) electrons. The van der Waals surface area contributed by atoms with E-state index in [0.717, 1.165) is 5.75 Å². The summed E-state index contributed by atoms with van der Waals surface area (Å²) in [5.74, 6) is 0.828. The lowest BCUT2D eigenvalue weighted by Crippen LogP contribution is -1.93. The first-order chi connectivity index (χ1) is 6.74. The van der Waals surface area contributed by atoms with Crippen LogP contribution in [0.25, 0.3) is 0 Å². The van der Waals surface area contributed by atoms with Crippen molar-refractivity contribution in [1.82, 2.24) is 0 Å². The Hall–Kier alpha value is -0.730. The molecule has 1 rings (SSSR count). The van der Waals surface area contributed by atoms with E-state index in [2.05, 4.69) is 0 Å². The van der Waals surface area contributed by atoms with Crippen molar-refractivity contribution in [3.05, 3.63) is 46.3 Å². The zero-order chi connectivity index (χ0) is 10.4. The maximum atomic E-state index is 11.6. The number of carbonyl (C=O) groups is 1. The van der Waals surface area contributed by atoms with E-state index in [0.29, 0.717) is 9.93 Å². The zero-order valence-corrected chi connectivity index (χ0v) is 9.44. The van der Waals surface area contributed by atoms with Crippen molar-refractivity contribution < 1.29 is 4.79 Å². The topological polar surface area (TPSA) is 17.1 Å². The Balaban J connectivity index is 2.72. The minimum atomic E-state index is -0.0449. The van der Waals surface area contributed by atoms with Crippen LogP contribution < -0.4 is 0 Å². The molecular weight excluding hydrogens is 216 g/mol. The van der Waals surface area contributed by atoms with Crippen LogP contribution in [-0.2, 0) is 0 Å². The van der Waals surface area contributed by atoms with Crippen LogP contribution in [-0.4, -0.2) is 11.5 Å². The number of carbonyl (C=O) groups excluding carboxylic acids is 1. The predicted octanol–water partition coefficient (Wildman–Crippen LogP) is 3.70. The summed E-state index contributed by atoms with van der Waals surface area (Å²) < 4.78 is 0.543. The SMILES string of the molecule is CCSC(Cl)=CC(=O)c1ccccc1. The van der Waals surface area contributed by atoms with Crippen molar-refractivity contribution in [2.75, 3.05) is 5.75 Å². The summed E-state index contributed by atoms with van der Waals surface area (Å²) in [6.45, 7) is 1.99. The molecule has 14 heavy (non-hydrogen) atoms. The van der Waals surface area contributed by atoms with Crippen LogP contribution in [0.1, 0.15) is 17.3 Å². The quantitative estimate of drug-likeness (QED) is 0.575. The average Bonchev–Trinajstić information content (AvgIpc) is 2.19. The molecule has 0 aliphatic rings. The smallest absolute Gasteiger partial charge is 0.187 e. The number of benzene rings is 1. The van der Waals surface area contributed by atoms with Crippen LogP contribution in [0.15, 0.2) is 40.8 Å². The Morgan fingerprint density at radius 3 is 2.64 bits per heavy atom. The number of allylic oxidation sites excluding steroid dienone is 1. The van der Waals surface area contributed by atoms with Crippen molar-refractivity contribution in [2.24, 2.45) is 0 Å². The Morgan fingerprint density at radius 1 is 1.43 bits per heavy atom. The number of rotatable bonds is 4.